The smallest absolute Gasteiger partial charge is 0.304 e. The van der Waals surface area contributed by atoms with Crippen LogP contribution in [0.5, 0.6) is 0 Å². The van der Waals surface area contributed by atoms with E-state index in [4.69, 9.17) is 10.4 Å². The molecule has 0 saturated heterocycles. The zero-order valence-corrected chi connectivity index (χ0v) is 11.6. The number of carbonyl (C=O) groups is 1. The maximum Gasteiger partial charge on any atom is 0.304 e. The predicted octanol–water partition coefficient (Wildman–Crippen LogP) is 0.262. The van der Waals surface area contributed by atoms with Gasteiger partial charge in [0.2, 0.25) is 0 Å². The normalized spacial score (nSPS) is 12.1. The highest BCUT2D eigenvalue weighted by Crippen LogP contribution is 2.12. The Morgan fingerprint density at radius 3 is 2.33 bits per heavy atom. The van der Waals surface area contributed by atoms with Crippen LogP contribution < -0.4 is 0 Å². The van der Waals surface area contributed by atoms with E-state index in [1.165, 1.54) is 11.4 Å². The lowest BCUT2D eigenvalue weighted by Gasteiger charge is -2.29. The van der Waals surface area contributed by atoms with Crippen molar-refractivity contribution in [3.05, 3.63) is 0 Å². The van der Waals surface area contributed by atoms with E-state index in [0.29, 0.717) is 0 Å². The van der Waals surface area contributed by atoms with Gasteiger partial charge in [0.05, 0.1) is 12.5 Å². The Kier molecular flexibility index (Phi) is 6.83. The highest BCUT2D eigenvalue weighted by molar-refractivity contribution is 7.86. The quantitative estimate of drug-likeness (QED) is 0.685. The zero-order chi connectivity index (χ0) is 14.3. The minimum absolute atomic E-state index is 0.0898. The molecule has 0 saturated carbocycles. The van der Waals surface area contributed by atoms with Crippen LogP contribution in [-0.2, 0) is 15.0 Å². The van der Waals surface area contributed by atoms with Crippen LogP contribution in [0.3, 0.4) is 0 Å². The van der Waals surface area contributed by atoms with Gasteiger partial charge < -0.3 is 5.11 Å². The molecule has 8 heteroatoms. The monoisotopic (exact) mass is 277 g/mol. The van der Waals surface area contributed by atoms with Crippen LogP contribution in [0.15, 0.2) is 0 Å². The first-order valence-electron chi connectivity index (χ1n) is 5.55. The van der Waals surface area contributed by atoms with Crippen molar-refractivity contribution in [3.8, 4) is 6.07 Å². The third-order valence-corrected chi connectivity index (χ3v) is 4.52. The topological polar surface area (TPSA) is 102 Å². The van der Waals surface area contributed by atoms with E-state index in [9.17, 15) is 13.2 Å². The van der Waals surface area contributed by atoms with Crippen LogP contribution in [0.4, 0.5) is 0 Å². The molecule has 0 spiro atoms. The number of nitriles is 1. The van der Waals surface area contributed by atoms with Gasteiger partial charge >= 0.3 is 5.97 Å². The van der Waals surface area contributed by atoms with Crippen molar-refractivity contribution in [1.82, 2.24) is 8.61 Å². The van der Waals surface area contributed by atoms with Crippen LogP contribution in [0, 0.1) is 11.3 Å². The summed E-state index contributed by atoms with van der Waals surface area (Å²) in [5.74, 6) is -1.05. The fourth-order valence-corrected chi connectivity index (χ4v) is 2.88. The molecule has 0 unspecified atom stereocenters. The summed E-state index contributed by atoms with van der Waals surface area (Å²) in [5.41, 5.74) is 0. The van der Waals surface area contributed by atoms with Crippen LogP contribution in [0.25, 0.3) is 0 Å². The molecule has 0 aromatic heterocycles. The summed E-state index contributed by atoms with van der Waals surface area (Å²) in [6.07, 6.45) is -0.149. The Hall–Kier alpha value is -1.17. The van der Waals surface area contributed by atoms with E-state index in [1.54, 1.807) is 13.8 Å². The average Bonchev–Trinajstić information content (AvgIpc) is 2.25. The Balaban J connectivity index is 4.83. The van der Waals surface area contributed by atoms with Crippen molar-refractivity contribution in [2.45, 2.75) is 32.7 Å². The van der Waals surface area contributed by atoms with Crippen molar-refractivity contribution in [3.63, 3.8) is 0 Å². The molecule has 0 aliphatic heterocycles. The molecule has 0 aromatic rings. The predicted molar refractivity (Wildman–Crippen MR) is 65.9 cm³/mol. The molecule has 0 aliphatic rings. The summed E-state index contributed by atoms with van der Waals surface area (Å²) in [7, 11) is -2.38. The van der Waals surface area contributed by atoms with Crippen molar-refractivity contribution < 1.29 is 18.3 Å². The molecule has 0 bridgehead atoms. The number of aliphatic carboxylic acids is 1. The number of hydrogen-bond donors (Lipinski definition) is 1. The molecule has 0 rings (SSSR count). The van der Waals surface area contributed by atoms with Crippen LogP contribution in [0.1, 0.15) is 26.7 Å². The van der Waals surface area contributed by atoms with Gasteiger partial charge in [-0.25, -0.2) is 0 Å². The van der Waals surface area contributed by atoms with Gasteiger partial charge in [-0.1, -0.05) is 0 Å². The second-order valence-corrected chi connectivity index (χ2v) is 6.07. The number of carboxylic acids is 1. The molecule has 1 N–H and O–H groups in total. The molecule has 0 aliphatic carbocycles. The minimum Gasteiger partial charge on any atom is -0.481 e. The second-order valence-electron chi connectivity index (χ2n) is 4.09. The summed E-state index contributed by atoms with van der Waals surface area (Å²) >= 11 is 0. The van der Waals surface area contributed by atoms with Gasteiger partial charge in [0.25, 0.3) is 10.2 Å². The Bertz CT molecular complexity index is 413. The first-order chi connectivity index (χ1) is 8.23. The summed E-state index contributed by atoms with van der Waals surface area (Å²) in [6, 6.07) is 1.61. The van der Waals surface area contributed by atoms with E-state index in [0.717, 1.165) is 4.31 Å². The standard InChI is InChI=1S/C10H19N3O4S/c1-9(2)13(7-4-6-11)18(16,17)12(3)8-5-10(14)15/h9H,4-5,7-8H2,1-3H3,(H,14,15). The number of nitrogens with zero attached hydrogens (tertiary/aromatic N) is 3. The van der Waals surface area contributed by atoms with Gasteiger partial charge in [0.15, 0.2) is 0 Å². The molecule has 104 valence electrons. The minimum atomic E-state index is -3.72. The SMILES string of the molecule is CC(C)N(CCC#N)S(=O)(=O)N(C)CCC(=O)O. The van der Waals surface area contributed by atoms with E-state index >= 15 is 0 Å². The Morgan fingerprint density at radius 2 is 1.94 bits per heavy atom. The van der Waals surface area contributed by atoms with Gasteiger partial charge in [-0.05, 0) is 13.8 Å². The average molecular weight is 277 g/mol. The highest BCUT2D eigenvalue weighted by atomic mass is 32.2. The molecule has 7 nitrogen and oxygen atoms in total. The summed E-state index contributed by atoms with van der Waals surface area (Å²) < 4.78 is 26.5. The van der Waals surface area contributed by atoms with Crippen LogP contribution in [0.2, 0.25) is 0 Å². The van der Waals surface area contributed by atoms with Gasteiger partial charge in [-0.3, -0.25) is 4.79 Å². The Labute approximate surface area is 108 Å². The largest absolute Gasteiger partial charge is 0.481 e. The summed E-state index contributed by atoms with van der Waals surface area (Å²) in [4.78, 5) is 10.4. The van der Waals surface area contributed by atoms with Crippen LogP contribution in [-0.4, -0.2) is 54.3 Å². The van der Waals surface area contributed by atoms with Crippen molar-refractivity contribution >= 4 is 16.2 Å². The lowest BCUT2D eigenvalue weighted by molar-refractivity contribution is -0.137. The number of hydrogen-bond acceptors (Lipinski definition) is 4. The molecule has 18 heavy (non-hydrogen) atoms. The molecular weight excluding hydrogens is 258 g/mol. The maximum atomic E-state index is 12.1. The van der Waals surface area contributed by atoms with Crippen molar-refractivity contribution in [2.75, 3.05) is 20.1 Å². The van der Waals surface area contributed by atoms with E-state index in [1.807, 2.05) is 6.07 Å². The molecule has 0 atom stereocenters. The van der Waals surface area contributed by atoms with Gasteiger partial charge in [0.1, 0.15) is 0 Å². The van der Waals surface area contributed by atoms with Crippen molar-refractivity contribution in [1.29, 1.82) is 5.26 Å². The molecule has 0 radical (unpaired) electrons. The fraction of sp³-hybridized carbons (Fsp3) is 0.800. The van der Waals surface area contributed by atoms with Crippen molar-refractivity contribution in [2.24, 2.45) is 0 Å². The Morgan fingerprint density at radius 1 is 1.39 bits per heavy atom. The molecule has 0 amide bonds. The molecule has 0 aromatic carbocycles. The number of rotatable bonds is 8. The second kappa shape index (κ2) is 7.31. The fourth-order valence-electron chi connectivity index (χ4n) is 1.35. The van der Waals surface area contributed by atoms with E-state index in [-0.39, 0.29) is 32.0 Å². The highest BCUT2D eigenvalue weighted by Gasteiger charge is 2.28. The first kappa shape index (κ1) is 16.8. The van der Waals surface area contributed by atoms with E-state index < -0.39 is 16.2 Å². The van der Waals surface area contributed by atoms with Gasteiger partial charge in [-0.15, -0.1) is 0 Å². The van der Waals surface area contributed by atoms with E-state index in [2.05, 4.69) is 0 Å². The van der Waals surface area contributed by atoms with Gasteiger partial charge in [0, 0.05) is 32.6 Å². The van der Waals surface area contributed by atoms with Gasteiger partial charge in [-0.2, -0.15) is 22.3 Å². The summed E-state index contributed by atoms with van der Waals surface area (Å²) in [5, 5.41) is 17.1. The zero-order valence-electron chi connectivity index (χ0n) is 10.8. The molecular formula is C10H19N3O4S. The van der Waals surface area contributed by atoms with Crippen LogP contribution >= 0.6 is 0 Å². The summed E-state index contributed by atoms with van der Waals surface area (Å²) in [6.45, 7) is 3.43. The first-order valence-corrected chi connectivity index (χ1v) is 6.95. The third-order valence-electron chi connectivity index (χ3n) is 2.35. The molecule has 0 heterocycles. The maximum absolute atomic E-state index is 12.1. The lowest BCUT2D eigenvalue weighted by atomic mass is 10.3. The molecule has 0 fully saturated rings. The lowest BCUT2D eigenvalue weighted by Crippen LogP contribution is -2.46. The third kappa shape index (κ3) is 5.00. The number of carboxylic acid groups (broad SMARTS) is 1.